The van der Waals surface area contributed by atoms with E-state index in [9.17, 15) is 4.79 Å². The molecule has 1 rings (SSSR count). The van der Waals surface area contributed by atoms with Crippen molar-refractivity contribution in [3.05, 3.63) is 34.9 Å². The van der Waals surface area contributed by atoms with Crippen molar-refractivity contribution in [1.82, 2.24) is 16.0 Å². The molecule has 3 N–H and O–H groups in total. The van der Waals surface area contributed by atoms with Crippen molar-refractivity contribution in [2.45, 2.75) is 41.2 Å². The van der Waals surface area contributed by atoms with Gasteiger partial charge in [-0.25, -0.2) is 4.99 Å². The molecule has 0 aliphatic rings. The number of hydrogen-bond donors (Lipinski definition) is 3. The van der Waals surface area contributed by atoms with Crippen LogP contribution in [0.2, 0.25) is 0 Å². The number of benzene rings is 1. The van der Waals surface area contributed by atoms with Crippen LogP contribution in [0.3, 0.4) is 0 Å². The molecule has 0 aliphatic heterocycles. The Balaban J connectivity index is 0.00000529. The van der Waals surface area contributed by atoms with Gasteiger partial charge in [-0.1, -0.05) is 37.6 Å². The minimum Gasteiger partial charge on any atom is -0.357 e. The van der Waals surface area contributed by atoms with Crippen molar-refractivity contribution in [3.63, 3.8) is 0 Å². The van der Waals surface area contributed by atoms with Crippen molar-refractivity contribution < 1.29 is 4.79 Å². The standard InChI is InChI=1S/C18H30N4O.HI/c1-6-19-18(21-10-9-20-17(23)13(2)3)22-12-16-8-7-14(4)11-15(16)5;/h7-8,11,13H,6,9-10,12H2,1-5H3,(H,20,23)(H2,19,21,22);1H. The van der Waals surface area contributed by atoms with E-state index < -0.39 is 0 Å². The molecule has 0 unspecified atom stereocenters. The third kappa shape index (κ3) is 8.52. The molecule has 24 heavy (non-hydrogen) atoms. The smallest absolute Gasteiger partial charge is 0.222 e. The van der Waals surface area contributed by atoms with E-state index in [1.165, 1.54) is 16.7 Å². The Morgan fingerprint density at radius 2 is 1.79 bits per heavy atom. The van der Waals surface area contributed by atoms with Crippen LogP contribution in [0.15, 0.2) is 23.2 Å². The van der Waals surface area contributed by atoms with Crippen LogP contribution in [-0.4, -0.2) is 31.5 Å². The summed E-state index contributed by atoms with van der Waals surface area (Å²) >= 11 is 0. The average molecular weight is 446 g/mol. The third-order valence-electron chi connectivity index (χ3n) is 3.49. The van der Waals surface area contributed by atoms with E-state index in [0.29, 0.717) is 19.6 Å². The van der Waals surface area contributed by atoms with E-state index >= 15 is 0 Å². The summed E-state index contributed by atoms with van der Waals surface area (Å²) in [6.45, 7) is 12.7. The fraction of sp³-hybridized carbons (Fsp3) is 0.556. The summed E-state index contributed by atoms with van der Waals surface area (Å²) in [4.78, 5) is 16.1. The number of rotatable bonds is 7. The van der Waals surface area contributed by atoms with Gasteiger partial charge in [0.2, 0.25) is 5.91 Å². The topological polar surface area (TPSA) is 65.5 Å². The van der Waals surface area contributed by atoms with Crippen molar-refractivity contribution >= 4 is 35.8 Å². The van der Waals surface area contributed by atoms with Gasteiger partial charge >= 0.3 is 0 Å². The lowest BCUT2D eigenvalue weighted by Crippen LogP contribution is -2.42. The zero-order valence-corrected chi connectivity index (χ0v) is 17.7. The first-order valence-corrected chi connectivity index (χ1v) is 8.30. The van der Waals surface area contributed by atoms with Crippen LogP contribution in [-0.2, 0) is 11.3 Å². The molecule has 1 amide bonds. The first-order valence-electron chi connectivity index (χ1n) is 8.30. The summed E-state index contributed by atoms with van der Waals surface area (Å²) in [5.74, 6) is 0.858. The zero-order chi connectivity index (χ0) is 17.2. The quantitative estimate of drug-likeness (QED) is 0.261. The summed E-state index contributed by atoms with van der Waals surface area (Å²) in [5, 5.41) is 9.35. The molecule has 1 aromatic rings. The fourth-order valence-corrected chi connectivity index (χ4v) is 2.10. The Morgan fingerprint density at radius 1 is 1.12 bits per heavy atom. The molecule has 1 aromatic carbocycles. The highest BCUT2D eigenvalue weighted by atomic mass is 127. The molecule has 0 saturated heterocycles. The van der Waals surface area contributed by atoms with Crippen LogP contribution in [0.25, 0.3) is 0 Å². The van der Waals surface area contributed by atoms with Crippen LogP contribution in [0.4, 0.5) is 0 Å². The summed E-state index contributed by atoms with van der Waals surface area (Å²) in [6, 6.07) is 6.41. The Morgan fingerprint density at radius 3 is 2.38 bits per heavy atom. The van der Waals surface area contributed by atoms with E-state index in [4.69, 9.17) is 0 Å². The van der Waals surface area contributed by atoms with Crippen LogP contribution in [0, 0.1) is 19.8 Å². The molecular formula is C18H31IN4O. The van der Waals surface area contributed by atoms with E-state index in [0.717, 1.165) is 12.5 Å². The van der Waals surface area contributed by atoms with E-state index in [1.54, 1.807) is 0 Å². The molecule has 0 heterocycles. The Bertz CT molecular complexity index is 544. The molecule has 0 atom stereocenters. The van der Waals surface area contributed by atoms with Gasteiger partial charge in [0.15, 0.2) is 5.96 Å². The summed E-state index contributed by atoms with van der Waals surface area (Å²) in [5.41, 5.74) is 3.75. The molecule has 0 radical (unpaired) electrons. The summed E-state index contributed by atoms with van der Waals surface area (Å²) < 4.78 is 0. The SMILES string of the molecule is CCNC(=NCc1ccc(C)cc1C)NCCNC(=O)C(C)C.I. The normalized spacial score (nSPS) is 11.0. The number of aliphatic imine (C=N–C) groups is 1. The largest absolute Gasteiger partial charge is 0.357 e. The number of nitrogens with zero attached hydrogens (tertiary/aromatic N) is 1. The fourth-order valence-electron chi connectivity index (χ4n) is 2.10. The maximum absolute atomic E-state index is 11.5. The Kier molecular flexibility index (Phi) is 11.4. The first kappa shape index (κ1) is 22.7. The molecule has 136 valence electrons. The predicted molar refractivity (Wildman–Crippen MR) is 112 cm³/mol. The van der Waals surface area contributed by atoms with E-state index in [2.05, 4.69) is 53.0 Å². The van der Waals surface area contributed by atoms with Crippen molar-refractivity contribution in [2.75, 3.05) is 19.6 Å². The lowest BCUT2D eigenvalue weighted by Gasteiger charge is -2.13. The predicted octanol–water partition coefficient (Wildman–Crippen LogP) is 2.75. The molecule has 0 aromatic heterocycles. The molecule has 0 spiro atoms. The maximum Gasteiger partial charge on any atom is 0.222 e. The number of carbonyl (C=O) groups is 1. The second-order valence-electron chi connectivity index (χ2n) is 6.00. The highest BCUT2D eigenvalue weighted by Crippen LogP contribution is 2.11. The molecule has 6 heteroatoms. The zero-order valence-electron chi connectivity index (χ0n) is 15.4. The molecule has 0 fully saturated rings. The van der Waals surface area contributed by atoms with Crippen LogP contribution in [0.5, 0.6) is 0 Å². The lowest BCUT2D eigenvalue weighted by atomic mass is 10.1. The van der Waals surface area contributed by atoms with Crippen LogP contribution in [0.1, 0.15) is 37.5 Å². The second kappa shape index (κ2) is 12.1. The van der Waals surface area contributed by atoms with Gasteiger partial charge in [0, 0.05) is 25.6 Å². The average Bonchev–Trinajstić information content (AvgIpc) is 2.49. The number of nitrogens with one attached hydrogen (secondary N) is 3. The number of guanidine groups is 1. The van der Waals surface area contributed by atoms with Crippen molar-refractivity contribution in [3.8, 4) is 0 Å². The monoisotopic (exact) mass is 446 g/mol. The van der Waals surface area contributed by atoms with Crippen molar-refractivity contribution in [2.24, 2.45) is 10.9 Å². The molecule has 0 bridgehead atoms. The van der Waals surface area contributed by atoms with Gasteiger partial charge in [-0.05, 0) is 31.9 Å². The lowest BCUT2D eigenvalue weighted by molar-refractivity contribution is -0.123. The molecule has 0 saturated carbocycles. The Labute approximate surface area is 163 Å². The van der Waals surface area contributed by atoms with Gasteiger partial charge in [0.25, 0.3) is 0 Å². The molecule has 5 nitrogen and oxygen atoms in total. The van der Waals surface area contributed by atoms with Crippen LogP contribution < -0.4 is 16.0 Å². The number of halogens is 1. The minimum absolute atomic E-state index is 0. The summed E-state index contributed by atoms with van der Waals surface area (Å²) in [6.07, 6.45) is 0. The highest BCUT2D eigenvalue weighted by molar-refractivity contribution is 14.0. The highest BCUT2D eigenvalue weighted by Gasteiger charge is 2.05. The first-order chi connectivity index (χ1) is 10.9. The molecule has 0 aliphatic carbocycles. The van der Waals surface area contributed by atoms with Gasteiger partial charge < -0.3 is 16.0 Å². The molecular weight excluding hydrogens is 415 g/mol. The Hall–Kier alpha value is -1.31. The van der Waals surface area contributed by atoms with Gasteiger partial charge in [-0.3, -0.25) is 4.79 Å². The summed E-state index contributed by atoms with van der Waals surface area (Å²) in [7, 11) is 0. The number of hydrogen-bond acceptors (Lipinski definition) is 2. The number of amides is 1. The minimum atomic E-state index is 0. The van der Waals surface area contributed by atoms with Gasteiger partial charge in [-0.15, -0.1) is 24.0 Å². The van der Waals surface area contributed by atoms with Gasteiger partial charge in [0.1, 0.15) is 0 Å². The van der Waals surface area contributed by atoms with E-state index in [-0.39, 0.29) is 35.8 Å². The number of carbonyl (C=O) groups excluding carboxylic acids is 1. The van der Waals surface area contributed by atoms with Crippen molar-refractivity contribution in [1.29, 1.82) is 0 Å². The second-order valence-corrected chi connectivity index (χ2v) is 6.00. The third-order valence-corrected chi connectivity index (χ3v) is 3.49. The van der Waals surface area contributed by atoms with Gasteiger partial charge in [0.05, 0.1) is 6.54 Å². The maximum atomic E-state index is 11.5. The van der Waals surface area contributed by atoms with Gasteiger partial charge in [-0.2, -0.15) is 0 Å². The van der Waals surface area contributed by atoms with E-state index in [1.807, 2.05) is 20.8 Å². The van der Waals surface area contributed by atoms with Crippen LogP contribution >= 0.6 is 24.0 Å². The number of aryl methyl sites for hydroxylation is 2.